The summed E-state index contributed by atoms with van der Waals surface area (Å²) < 4.78 is 0. The lowest BCUT2D eigenvalue weighted by molar-refractivity contribution is 0.210. The number of hydrogen-bond acceptors (Lipinski definition) is 2. The quantitative estimate of drug-likeness (QED) is 0.773. The standard InChI is InChI=1S/C14H23NO/c1-11(2)14(10-16)15-9-12(3)13-7-5-4-6-8-13/h4-8,11-12,14-16H,9-10H2,1-3H3. The summed E-state index contributed by atoms with van der Waals surface area (Å²) >= 11 is 0. The first kappa shape index (κ1) is 13.2. The van der Waals surface area contributed by atoms with Crippen LogP contribution in [0.3, 0.4) is 0 Å². The lowest BCUT2D eigenvalue weighted by Crippen LogP contribution is -2.39. The van der Waals surface area contributed by atoms with Crippen molar-refractivity contribution < 1.29 is 5.11 Å². The van der Waals surface area contributed by atoms with Crippen LogP contribution in [0.5, 0.6) is 0 Å². The highest BCUT2D eigenvalue weighted by Gasteiger charge is 2.13. The third-order valence-corrected chi connectivity index (χ3v) is 3.06. The minimum Gasteiger partial charge on any atom is -0.395 e. The van der Waals surface area contributed by atoms with Crippen molar-refractivity contribution in [3.8, 4) is 0 Å². The Hall–Kier alpha value is -0.860. The van der Waals surface area contributed by atoms with E-state index in [-0.39, 0.29) is 12.6 Å². The van der Waals surface area contributed by atoms with Gasteiger partial charge in [0.2, 0.25) is 0 Å². The van der Waals surface area contributed by atoms with Gasteiger partial charge in [0.1, 0.15) is 0 Å². The van der Waals surface area contributed by atoms with Crippen molar-refractivity contribution in [2.24, 2.45) is 5.92 Å². The van der Waals surface area contributed by atoms with E-state index in [2.05, 4.69) is 50.4 Å². The molecule has 0 aromatic heterocycles. The number of nitrogens with one attached hydrogen (secondary N) is 1. The van der Waals surface area contributed by atoms with Gasteiger partial charge >= 0.3 is 0 Å². The maximum Gasteiger partial charge on any atom is 0.0587 e. The Morgan fingerprint density at radius 2 is 1.75 bits per heavy atom. The molecule has 0 saturated carbocycles. The van der Waals surface area contributed by atoms with Crippen molar-refractivity contribution in [2.75, 3.05) is 13.2 Å². The molecule has 1 aromatic carbocycles. The molecule has 2 atom stereocenters. The van der Waals surface area contributed by atoms with Crippen LogP contribution in [0.15, 0.2) is 30.3 Å². The Balaban J connectivity index is 2.43. The zero-order chi connectivity index (χ0) is 12.0. The largest absolute Gasteiger partial charge is 0.395 e. The second-order valence-corrected chi connectivity index (χ2v) is 4.75. The van der Waals surface area contributed by atoms with Gasteiger partial charge in [-0.3, -0.25) is 0 Å². The van der Waals surface area contributed by atoms with Crippen molar-refractivity contribution in [3.05, 3.63) is 35.9 Å². The van der Waals surface area contributed by atoms with E-state index in [4.69, 9.17) is 0 Å². The molecule has 16 heavy (non-hydrogen) atoms. The first-order valence-corrected chi connectivity index (χ1v) is 6.04. The van der Waals surface area contributed by atoms with E-state index in [1.54, 1.807) is 0 Å². The fourth-order valence-corrected chi connectivity index (χ4v) is 1.74. The van der Waals surface area contributed by atoms with E-state index >= 15 is 0 Å². The Bertz CT molecular complexity index is 284. The predicted molar refractivity (Wildman–Crippen MR) is 68.6 cm³/mol. The summed E-state index contributed by atoms with van der Waals surface area (Å²) in [5.41, 5.74) is 1.34. The number of hydrogen-bond donors (Lipinski definition) is 2. The lowest BCUT2D eigenvalue weighted by Gasteiger charge is -2.22. The van der Waals surface area contributed by atoms with Crippen molar-refractivity contribution in [3.63, 3.8) is 0 Å². The second-order valence-electron chi connectivity index (χ2n) is 4.75. The summed E-state index contributed by atoms with van der Waals surface area (Å²) in [6.07, 6.45) is 0. The Kier molecular flexibility index (Phi) is 5.50. The van der Waals surface area contributed by atoms with E-state index in [9.17, 15) is 5.11 Å². The van der Waals surface area contributed by atoms with Gasteiger partial charge in [0.25, 0.3) is 0 Å². The van der Waals surface area contributed by atoms with Gasteiger partial charge in [0.15, 0.2) is 0 Å². The topological polar surface area (TPSA) is 32.3 Å². The average molecular weight is 221 g/mol. The molecule has 2 unspecified atom stereocenters. The first-order chi connectivity index (χ1) is 7.65. The summed E-state index contributed by atoms with van der Waals surface area (Å²) in [6, 6.07) is 10.7. The smallest absolute Gasteiger partial charge is 0.0587 e. The van der Waals surface area contributed by atoms with Crippen LogP contribution in [-0.4, -0.2) is 24.3 Å². The van der Waals surface area contributed by atoms with Crippen molar-refractivity contribution in [1.29, 1.82) is 0 Å². The van der Waals surface area contributed by atoms with Crippen LogP contribution in [0.4, 0.5) is 0 Å². The molecule has 2 heteroatoms. The minimum absolute atomic E-state index is 0.200. The van der Waals surface area contributed by atoms with E-state index < -0.39 is 0 Å². The van der Waals surface area contributed by atoms with Crippen LogP contribution in [0.1, 0.15) is 32.3 Å². The van der Waals surface area contributed by atoms with Crippen LogP contribution in [0, 0.1) is 5.92 Å². The first-order valence-electron chi connectivity index (χ1n) is 6.04. The van der Waals surface area contributed by atoms with Crippen LogP contribution in [-0.2, 0) is 0 Å². The fraction of sp³-hybridized carbons (Fsp3) is 0.571. The van der Waals surface area contributed by atoms with Gasteiger partial charge in [0, 0.05) is 12.6 Å². The summed E-state index contributed by atoms with van der Waals surface area (Å²) in [7, 11) is 0. The van der Waals surface area contributed by atoms with E-state index in [0.29, 0.717) is 11.8 Å². The van der Waals surface area contributed by atoms with Gasteiger partial charge in [-0.25, -0.2) is 0 Å². The van der Waals surface area contributed by atoms with Crippen LogP contribution in [0.2, 0.25) is 0 Å². The van der Waals surface area contributed by atoms with E-state index in [1.165, 1.54) is 5.56 Å². The lowest BCUT2D eigenvalue weighted by atomic mass is 9.99. The number of aliphatic hydroxyl groups excluding tert-OH is 1. The third-order valence-electron chi connectivity index (χ3n) is 3.06. The summed E-state index contributed by atoms with van der Waals surface area (Å²) in [5, 5.41) is 12.6. The van der Waals surface area contributed by atoms with E-state index in [0.717, 1.165) is 6.54 Å². The third kappa shape index (κ3) is 3.95. The molecule has 0 bridgehead atoms. The normalized spacial score (nSPS) is 15.1. The summed E-state index contributed by atoms with van der Waals surface area (Å²) in [4.78, 5) is 0. The monoisotopic (exact) mass is 221 g/mol. The van der Waals surface area contributed by atoms with Gasteiger partial charge in [0.05, 0.1) is 6.61 Å². The van der Waals surface area contributed by atoms with Crippen molar-refractivity contribution in [2.45, 2.75) is 32.7 Å². The molecular weight excluding hydrogens is 198 g/mol. The molecule has 0 aliphatic carbocycles. The average Bonchev–Trinajstić information content (AvgIpc) is 2.30. The maximum absolute atomic E-state index is 9.22. The Labute approximate surface area is 98.7 Å². The molecule has 2 nitrogen and oxygen atoms in total. The molecule has 2 N–H and O–H groups in total. The molecule has 0 radical (unpaired) electrons. The summed E-state index contributed by atoms with van der Waals surface area (Å²) in [6.45, 7) is 7.58. The fourth-order valence-electron chi connectivity index (χ4n) is 1.74. The highest BCUT2D eigenvalue weighted by molar-refractivity contribution is 5.18. The molecule has 0 heterocycles. The molecule has 0 amide bonds. The van der Waals surface area contributed by atoms with Crippen molar-refractivity contribution in [1.82, 2.24) is 5.32 Å². The van der Waals surface area contributed by atoms with Gasteiger partial charge in [-0.2, -0.15) is 0 Å². The van der Waals surface area contributed by atoms with Crippen LogP contribution in [0.25, 0.3) is 0 Å². The highest BCUT2D eigenvalue weighted by Crippen LogP contribution is 2.13. The zero-order valence-electron chi connectivity index (χ0n) is 10.5. The molecule has 0 aliphatic heterocycles. The second kappa shape index (κ2) is 6.66. The number of rotatable bonds is 6. The molecule has 1 aromatic rings. The van der Waals surface area contributed by atoms with Gasteiger partial charge in [-0.1, -0.05) is 51.1 Å². The maximum atomic E-state index is 9.22. The zero-order valence-corrected chi connectivity index (χ0v) is 10.5. The molecule has 1 rings (SSSR count). The predicted octanol–water partition coefficient (Wildman–Crippen LogP) is 2.40. The van der Waals surface area contributed by atoms with E-state index in [1.807, 2.05) is 6.07 Å². The Morgan fingerprint density at radius 3 is 2.25 bits per heavy atom. The van der Waals surface area contributed by atoms with Gasteiger partial charge in [-0.15, -0.1) is 0 Å². The number of benzene rings is 1. The van der Waals surface area contributed by atoms with Crippen LogP contribution < -0.4 is 5.32 Å². The molecule has 90 valence electrons. The van der Waals surface area contributed by atoms with Gasteiger partial charge < -0.3 is 10.4 Å². The SMILES string of the molecule is CC(CNC(CO)C(C)C)c1ccccc1. The highest BCUT2D eigenvalue weighted by atomic mass is 16.3. The van der Waals surface area contributed by atoms with Crippen LogP contribution >= 0.6 is 0 Å². The van der Waals surface area contributed by atoms with Crippen molar-refractivity contribution >= 4 is 0 Å². The number of aliphatic hydroxyl groups is 1. The summed E-state index contributed by atoms with van der Waals surface area (Å²) in [5.74, 6) is 0.946. The molecular formula is C14H23NO. The Morgan fingerprint density at radius 1 is 1.12 bits per heavy atom. The molecule has 0 spiro atoms. The van der Waals surface area contributed by atoms with Gasteiger partial charge in [-0.05, 0) is 17.4 Å². The molecule has 0 saturated heterocycles. The molecule has 0 aliphatic rings. The molecule has 0 fully saturated rings. The minimum atomic E-state index is 0.200.